The van der Waals surface area contributed by atoms with Crippen molar-refractivity contribution in [1.29, 1.82) is 0 Å². The van der Waals surface area contributed by atoms with E-state index in [0.29, 0.717) is 19.6 Å². The molecule has 5 nitrogen and oxygen atoms in total. The van der Waals surface area contributed by atoms with Crippen LogP contribution in [0.1, 0.15) is 48.2 Å². The van der Waals surface area contributed by atoms with Crippen LogP contribution in [0, 0.1) is 13.8 Å². The van der Waals surface area contributed by atoms with E-state index in [1.165, 1.54) is 11.1 Å². The molecule has 1 unspecified atom stereocenters. The number of ether oxygens (including phenoxy) is 1. The molecule has 2 heterocycles. The van der Waals surface area contributed by atoms with Crippen LogP contribution in [0.2, 0.25) is 0 Å². The highest BCUT2D eigenvalue weighted by molar-refractivity contribution is 5.97. The van der Waals surface area contributed by atoms with Gasteiger partial charge in [-0.25, -0.2) is 4.98 Å². The number of para-hydroxylation sites is 3. The van der Waals surface area contributed by atoms with Gasteiger partial charge in [-0.2, -0.15) is 0 Å². The monoisotopic (exact) mass is 502 g/mol. The first-order chi connectivity index (χ1) is 17.0. The van der Waals surface area contributed by atoms with Crippen LogP contribution in [0.25, 0.3) is 11.0 Å². The molecule has 5 rings (SSSR count). The summed E-state index contributed by atoms with van der Waals surface area (Å²) < 4.78 is 8.42. The lowest BCUT2D eigenvalue weighted by Gasteiger charge is -2.20. The van der Waals surface area contributed by atoms with E-state index in [1.54, 1.807) is 0 Å². The van der Waals surface area contributed by atoms with E-state index in [9.17, 15) is 4.79 Å². The maximum absolute atomic E-state index is 13.1. The van der Waals surface area contributed by atoms with Gasteiger partial charge in [0.15, 0.2) is 0 Å². The Hall–Kier alpha value is -3.31. The summed E-state index contributed by atoms with van der Waals surface area (Å²) in [5, 5.41) is 0. The van der Waals surface area contributed by atoms with Crippen LogP contribution >= 0.6 is 0 Å². The maximum atomic E-state index is 13.1. The average Bonchev–Trinajstić information content (AvgIpc) is 3.44. The molecule has 0 N–H and O–H groups in total. The van der Waals surface area contributed by atoms with Crippen molar-refractivity contribution in [3.05, 3.63) is 89.2 Å². The highest BCUT2D eigenvalue weighted by atomic mass is 35.5. The van der Waals surface area contributed by atoms with Gasteiger partial charge in [-0.1, -0.05) is 49.4 Å². The zero-order chi connectivity index (χ0) is 24.4. The molecule has 4 aromatic rings. The number of imidazole rings is 1. The molecule has 1 aromatic heterocycles. The van der Waals surface area contributed by atoms with E-state index in [1.807, 2.05) is 23.1 Å². The van der Waals surface area contributed by atoms with Gasteiger partial charge in [0.1, 0.15) is 11.6 Å². The Morgan fingerprint density at radius 2 is 1.81 bits per heavy atom. The first-order valence-corrected chi connectivity index (χ1v) is 12.6. The summed E-state index contributed by atoms with van der Waals surface area (Å²) in [6, 6.07) is 22.8. The Labute approximate surface area is 219 Å². The number of carbonyl (C=O) groups is 1. The van der Waals surface area contributed by atoms with Crippen LogP contribution in [0.5, 0.6) is 5.75 Å². The van der Waals surface area contributed by atoms with E-state index in [0.717, 1.165) is 53.2 Å². The van der Waals surface area contributed by atoms with Gasteiger partial charge in [0.25, 0.3) is 0 Å². The molecule has 0 spiro atoms. The molecule has 0 aliphatic carbocycles. The van der Waals surface area contributed by atoms with Gasteiger partial charge in [-0.05, 0) is 67.6 Å². The average molecular weight is 503 g/mol. The highest BCUT2D eigenvalue weighted by Gasteiger charge is 2.35. The Kier molecular flexibility index (Phi) is 8.00. The topological polar surface area (TPSA) is 47.4 Å². The quantitative estimate of drug-likeness (QED) is 0.348. The molecule has 36 heavy (non-hydrogen) atoms. The van der Waals surface area contributed by atoms with Crippen molar-refractivity contribution in [3.63, 3.8) is 0 Å². The lowest BCUT2D eigenvalue weighted by Crippen LogP contribution is -3.00. The third-order valence-corrected chi connectivity index (χ3v) is 6.96. The minimum Gasteiger partial charge on any atom is -1.00 e. The molecule has 0 saturated carbocycles. The van der Waals surface area contributed by atoms with E-state index in [-0.39, 0.29) is 24.2 Å². The number of hydrogen-bond donors (Lipinski definition) is 0. The van der Waals surface area contributed by atoms with Gasteiger partial charge in [0.05, 0.1) is 17.6 Å². The smallest absolute Gasteiger partial charge is 0.227 e. The summed E-state index contributed by atoms with van der Waals surface area (Å²) in [6.45, 7) is 8.40. The molecule has 1 atom stereocenters. The Balaban J connectivity index is 0.00000304. The number of hydrogen-bond acceptors (Lipinski definition) is 3. The summed E-state index contributed by atoms with van der Waals surface area (Å²) in [7, 11) is 0. The van der Waals surface area contributed by atoms with Crippen molar-refractivity contribution < 1.29 is 21.9 Å². The van der Waals surface area contributed by atoms with Gasteiger partial charge >= 0.3 is 0 Å². The molecule has 188 valence electrons. The SMILES string of the molecule is CCc1ccccc1N1CC(c2nc3ccccc3n2CCCOc2cc(C)ccc2C)CC1=O.[Cl-]. The Morgan fingerprint density at radius 1 is 1.03 bits per heavy atom. The van der Waals surface area contributed by atoms with E-state index in [4.69, 9.17) is 9.72 Å². The number of amides is 1. The van der Waals surface area contributed by atoms with Gasteiger partial charge in [-0.3, -0.25) is 4.79 Å². The molecule has 6 heteroatoms. The van der Waals surface area contributed by atoms with Crippen LogP contribution < -0.4 is 22.0 Å². The number of halogens is 1. The molecular weight excluding hydrogens is 470 g/mol. The molecule has 0 bridgehead atoms. The summed E-state index contributed by atoms with van der Waals surface area (Å²) in [6.07, 6.45) is 2.26. The Bertz CT molecular complexity index is 1360. The molecule has 1 aliphatic rings. The van der Waals surface area contributed by atoms with Crippen LogP contribution in [0.3, 0.4) is 0 Å². The molecule has 1 fully saturated rings. The molecule has 1 amide bonds. The number of aromatic nitrogens is 2. The second-order valence-electron chi connectivity index (χ2n) is 9.47. The number of fused-ring (bicyclic) bond motifs is 1. The fourth-order valence-electron chi connectivity index (χ4n) is 5.09. The first kappa shape index (κ1) is 25.8. The third kappa shape index (κ3) is 5.12. The minimum absolute atomic E-state index is 0. The highest BCUT2D eigenvalue weighted by Crippen LogP contribution is 2.35. The summed E-state index contributed by atoms with van der Waals surface area (Å²) >= 11 is 0. The van der Waals surface area contributed by atoms with E-state index in [2.05, 4.69) is 73.9 Å². The lowest BCUT2D eigenvalue weighted by atomic mass is 10.1. The normalized spacial score (nSPS) is 15.4. The van der Waals surface area contributed by atoms with Gasteiger partial charge in [-0.15, -0.1) is 0 Å². The van der Waals surface area contributed by atoms with Gasteiger partial charge in [0, 0.05) is 31.1 Å². The number of anilines is 1. The molecular formula is C30H33ClN3O2-. The number of carbonyl (C=O) groups excluding carboxylic acids is 1. The second kappa shape index (κ2) is 11.2. The summed E-state index contributed by atoms with van der Waals surface area (Å²) in [4.78, 5) is 20.1. The summed E-state index contributed by atoms with van der Waals surface area (Å²) in [5.74, 6) is 2.20. The maximum Gasteiger partial charge on any atom is 0.227 e. The van der Waals surface area contributed by atoms with Crippen LogP contribution in [0.15, 0.2) is 66.7 Å². The van der Waals surface area contributed by atoms with E-state index >= 15 is 0 Å². The fourth-order valence-corrected chi connectivity index (χ4v) is 5.09. The fraction of sp³-hybridized carbons (Fsp3) is 0.333. The van der Waals surface area contributed by atoms with Crippen molar-refractivity contribution in [2.24, 2.45) is 0 Å². The van der Waals surface area contributed by atoms with Crippen molar-refractivity contribution in [3.8, 4) is 5.75 Å². The zero-order valence-electron chi connectivity index (χ0n) is 21.2. The van der Waals surface area contributed by atoms with Crippen molar-refractivity contribution >= 4 is 22.6 Å². The Morgan fingerprint density at radius 3 is 2.64 bits per heavy atom. The van der Waals surface area contributed by atoms with Gasteiger partial charge < -0.3 is 26.6 Å². The molecule has 3 aromatic carbocycles. The lowest BCUT2D eigenvalue weighted by molar-refractivity contribution is -0.117. The third-order valence-electron chi connectivity index (χ3n) is 6.96. The van der Waals surface area contributed by atoms with Crippen LogP contribution in [0.4, 0.5) is 5.69 Å². The zero-order valence-corrected chi connectivity index (χ0v) is 22.0. The van der Waals surface area contributed by atoms with Crippen LogP contribution in [-0.4, -0.2) is 28.6 Å². The number of aryl methyl sites for hydroxylation is 4. The molecule has 1 aliphatic heterocycles. The molecule has 1 saturated heterocycles. The van der Waals surface area contributed by atoms with Crippen molar-refractivity contribution in [1.82, 2.24) is 9.55 Å². The largest absolute Gasteiger partial charge is 1.00 e. The standard InChI is InChI=1S/C30H33N3O2.ClH/c1-4-23-10-5-7-12-26(23)33-20-24(19-29(33)34)30-31-25-11-6-8-13-27(25)32(30)16-9-17-35-28-18-21(2)14-15-22(28)3;/h5-8,10-15,18,24H,4,9,16-17,19-20H2,1-3H3;1H/p-1. The number of benzene rings is 3. The predicted molar refractivity (Wildman–Crippen MR) is 141 cm³/mol. The van der Waals surface area contributed by atoms with Crippen molar-refractivity contribution in [2.75, 3.05) is 18.1 Å². The number of nitrogens with zero attached hydrogens (tertiary/aromatic N) is 3. The predicted octanol–water partition coefficient (Wildman–Crippen LogP) is 3.21. The summed E-state index contributed by atoms with van der Waals surface area (Å²) in [5.41, 5.74) is 6.70. The van der Waals surface area contributed by atoms with Crippen molar-refractivity contribution in [2.45, 2.75) is 52.5 Å². The molecule has 0 radical (unpaired) electrons. The van der Waals surface area contributed by atoms with E-state index < -0.39 is 0 Å². The first-order valence-electron chi connectivity index (χ1n) is 12.6. The second-order valence-corrected chi connectivity index (χ2v) is 9.47. The van der Waals surface area contributed by atoms with Gasteiger partial charge in [0.2, 0.25) is 5.91 Å². The number of rotatable bonds is 8. The van der Waals surface area contributed by atoms with Crippen LogP contribution in [-0.2, 0) is 17.8 Å². The minimum atomic E-state index is 0.